The Labute approximate surface area is 90.2 Å². The summed E-state index contributed by atoms with van der Waals surface area (Å²) in [6.45, 7) is 6.26. The number of amides is 1. The maximum atomic E-state index is 11.6. The lowest BCUT2D eigenvalue weighted by atomic mass is 9.98. The Bertz CT molecular complexity index is 237. The van der Waals surface area contributed by atoms with Crippen LogP contribution in [-0.4, -0.2) is 46.9 Å². The van der Waals surface area contributed by atoms with Gasteiger partial charge >= 0.3 is 6.09 Å². The average Bonchev–Trinajstić information content (AvgIpc) is 1.97. The average molecular weight is 216 g/mol. The minimum absolute atomic E-state index is 0.171. The van der Waals surface area contributed by atoms with Crippen molar-refractivity contribution in [2.45, 2.75) is 44.9 Å². The molecule has 1 amide bonds. The number of ether oxygens (including phenoxy) is 1. The standard InChI is InChI=1S/C10H20N2O3/c1-10(2,3)15-9(14)12-5-4-7(12)8(13)6-11/h7-8,13H,4-6,11H2,1-3H3. The van der Waals surface area contributed by atoms with E-state index in [9.17, 15) is 9.90 Å². The maximum absolute atomic E-state index is 11.6. The highest BCUT2D eigenvalue weighted by molar-refractivity contribution is 5.69. The van der Waals surface area contributed by atoms with Crippen molar-refractivity contribution in [3.05, 3.63) is 0 Å². The third kappa shape index (κ3) is 3.07. The van der Waals surface area contributed by atoms with Crippen LogP contribution in [-0.2, 0) is 4.74 Å². The van der Waals surface area contributed by atoms with Gasteiger partial charge in [0.2, 0.25) is 0 Å². The van der Waals surface area contributed by atoms with Gasteiger partial charge in [0.1, 0.15) is 5.60 Å². The molecule has 88 valence electrons. The molecule has 5 nitrogen and oxygen atoms in total. The number of nitrogens with two attached hydrogens (primary N) is 1. The number of hydrogen-bond acceptors (Lipinski definition) is 4. The van der Waals surface area contributed by atoms with Crippen LogP contribution in [0.1, 0.15) is 27.2 Å². The van der Waals surface area contributed by atoms with Gasteiger partial charge in [0.05, 0.1) is 12.1 Å². The van der Waals surface area contributed by atoms with Crippen molar-refractivity contribution in [3.63, 3.8) is 0 Å². The number of nitrogens with zero attached hydrogens (tertiary/aromatic N) is 1. The van der Waals surface area contributed by atoms with Crippen LogP contribution in [0.3, 0.4) is 0 Å². The molecule has 1 aliphatic rings. The molecule has 0 aliphatic carbocycles. The molecule has 0 aromatic carbocycles. The molecule has 15 heavy (non-hydrogen) atoms. The number of rotatable bonds is 2. The predicted molar refractivity (Wildman–Crippen MR) is 56.4 cm³/mol. The Balaban J connectivity index is 2.48. The third-order valence-corrected chi connectivity index (χ3v) is 2.38. The van der Waals surface area contributed by atoms with Gasteiger partial charge in [0.25, 0.3) is 0 Å². The predicted octanol–water partition coefficient (Wildman–Crippen LogP) is 0.315. The second kappa shape index (κ2) is 4.37. The Hall–Kier alpha value is -0.810. The topological polar surface area (TPSA) is 75.8 Å². The Kier molecular flexibility index (Phi) is 3.57. The normalized spacial score (nSPS) is 23.3. The van der Waals surface area contributed by atoms with Crippen molar-refractivity contribution in [2.75, 3.05) is 13.1 Å². The first-order valence-corrected chi connectivity index (χ1v) is 5.23. The van der Waals surface area contributed by atoms with Crippen molar-refractivity contribution in [3.8, 4) is 0 Å². The van der Waals surface area contributed by atoms with E-state index in [1.165, 1.54) is 4.90 Å². The number of aliphatic hydroxyl groups excluding tert-OH is 1. The molecule has 0 radical (unpaired) electrons. The monoisotopic (exact) mass is 216 g/mol. The van der Waals surface area contributed by atoms with Gasteiger partial charge < -0.3 is 20.5 Å². The highest BCUT2D eigenvalue weighted by Crippen LogP contribution is 2.23. The SMILES string of the molecule is CC(C)(C)OC(=O)N1CCC1C(O)CN. The van der Waals surface area contributed by atoms with Crippen molar-refractivity contribution in [1.82, 2.24) is 4.90 Å². The van der Waals surface area contributed by atoms with Crippen molar-refractivity contribution in [2.24, 2.45) is 5.73 Å². The first-order chi connectivity index (χ1) is 6.85. The smallest absolute Gasteiger partial charge is 0.410 e. The Morgan fingerprint density at radius 3 is 2.60 bits per heavy atom. The summed E-state index contributed by atoms with van der Waals surface area (Å²) in [5, 5.41) is 9.52. The largest absolute Gasteiger partial charge is 0.444 e. The molecule has 0 saturated carbocycles. The molecule has 5 heteroatoms. The van der Waals surface area contributed by atoms with E-state index in [-0.39, 0.29) is 18.7 Å². The Morgan fingerprint density at radius 1 is 1.67 bits per heavy atom. The van der Waals surface area contributed by atoms with E-state index in [2.05, 4.69) is 0 Å². The molecule has 1 heterocycles. The quantitative estimate of drug-likeness (QED) is 0.696. The van der Waals surface area contributed by atoms with Crippen molar-refractivity contribution in [1.29, 1.82) is 0 Å². The lowest BCUT2D eigenvalue weighted by Gasteiger charge is -2.43. The van der Waals surface area contributed by atoms with Gasteiger partial charge in [-0.1, -0.05) is 0 Å². The van der Waals surface area contributed by atoms with Crippen LogP contribution < -0.4 is 5.73 Å². The zero-order valence-electron chi connectivity index (χ0n) is 9.56. The summed E-state index contributed by atoms with van der Waals surface area (Å²) >= 11 is 0. The van der Waals surface area contributed by atoms with Crippen LogP contribution in [0.2, 0.25) is 0 Å². The zero-order chi connectivity index (χ0) is 11.6. The number of carbonyl (C=O) groups is 1. The molecule has 1 fully saturated rings. The van der Waals surface area contributed by atoms with Gasteiger partial charge in [0, 0.05) is 13.1 Å². The molecule has 3 N–H and O–H groups in total. The second-order valence-electron chi connectivity index (χ2n) is 4.83. The third-order valence-electron chi connectivity index (χ3n) is 2.38. The molecule has 2 atom stereocenters. The lowest BCUT2D eigenvalue weighted by Crippen LogP contribution is -2.59. The number of carbonyl (C=O) groups excluding carboxylic acids is 1. The van der Waals surface area contributed by atoms with E-state index in [4.69, 9.17) is 10.5 Å². The van der Waals surface area contributed by atoms with Crippen LogP contribution in [0, 0.1) is 0 Å². The summed E-state index contributed by atoms with van der Waals surface area (Å²) in [5.74, 6) is 0. The van der Waals surface area contributed by atoms with Crippen molar-refractivity contribution < 1.29 is 14.6 Å². The van der Waals surface area contributed by atoms with E-state index in [1.807, 2.05) is 20.8 Å². The highest BCUT2D eigenvalue weighted by atomic mass is 16.6. The summed E-state index contributed by atoms with van der Waals surface area (Å²) < 4.78 is 5.20. The minimum atomic E-state index is -0.647. The fourth-order valence-electron chi connectivity index (χ4n) is 1.51. The van der Waals surface area contributed by atoms with Crippen LogP contribution in [0.4, 0.5) is 4.79 Å². The molecule has 1 saturated heterocycles. The van der Waals surface area contributed by atoms with Gasteiger partial charge in [-0.15, -0.1) is 0 Å². The Morgan fingerprint density at radius 2 is 2.27 bits per heavy atom. The van der Waals surface area contributed by atoms with Gasteiger partial charge in [-0.05, 0) is 27.2 Å². The van der Waals surface area contributed by atoms with E-state index in [1.54, 1.807) is 0 Å². The van der Waals surface area contributed by atoms with Crippen LogP contribution >= 0.6 is 0 Å². The summed E-state index contributed by atoms with van der Waals surface area (Å²) in [6, 6.07) is -0.176. The molecule has 0 aromatic rings. The summed E-state index contributed by atoms with van der Waals surface area (Å²) in [6.07, 6.45) is -0.227. The molecule has 0 spiro atoms. The molecular formula is C10H20N2O3. The van der Waals surface area contributed by atoms with Crippen LogP contribution in [0.15, 0.2) is 0 Å². The maximum Gasteiger partial charge on any atom is 0.410 e. The highest BCUT2D eigenvalue weighted by Gasteiger charge is 2.38. The molecule has 2 unspecified atom stereocenters. The van der Waals surface area contributed by atoms with Gasteiger partial charge in [0.15, 0.2) is 0 Å². The number of aliphatic hydroxyl groups is 1. The molecule has 0 bridgehead atoms. The van der Waals surface area contributed by atoms with E-state index >= 15 is 0 Å². The summed E-state index contributed by atoms with van der Waals surface area (Å²) in [7, 11) is 0. The van der Waals surface area contributed by atoms with Crippen molar-refractivity contribution >= 4 is 6.09 Å². The fraction of sp³-hybridized carbons (Fsp3) is 0.900. The van der Waals surface area contributed by atoms with Gasteiger partial charge in [-0.3, -0.25) is 0 Å². The van der Waals surface area contributed by atoms with Crippen LogP contribution in [0.25, 0.3) is 0 Å². The number of hydrogen-bond donors (Lipinski definition) is 2. The zero-order valence-corrected chi connectivity index (χ0v) is 9.56. The van der Waals surface area contributed by atoms with Crippen LogP contribution in [0.5, 0.6) is 0 Å². The first-order valence-electron chi connectivity index (χ1n) is 5.23. The first kappa shape index (κ1) is 12.3. The number of likely N-dealkylation sites (tertiary alicyclic amines) is 1. The summed E-state index contributed by atoms with van der Waals surface area (Å²) in [5.41, 5.74) is 4.85. The lowest BCUT2D eigenvalue weighted by molar-refractivity contribution is -0.0376. The molecule has 1 rings (SSSR count). The molecule has 0 aromatic heterocycles. The minimum Gasteiger partial charge on any atom is -0.444 e. The van der Waals surface area contributed by atoms with Gasteiger partial charge in [-0.2, -0.15) is 0 Å². The van der Waals surface area contributed by atoms with E-state index < -0.39 is 11.7 Å². The van der Waals surface area contributed by atoms with Gasteiger partial charge in [-0.25, -0.2) is 4.79 Å². The molecule has 1 aliphatic heterocycles. The van der Waals surface area contributed by atoms with E-state index in [0.29, 0.717) is 6.54 Å². The van der Waals surface area contributed by atoms with E-state index in [0.717, 1.165) is 6.42 Å². The summed E-state index contributed by atoms with van der Waals surface area (Å²) in [4.78, 5) is 13.2. The fourth-order valence-corrected chi connectivity index (χ4v) is 1.51. The molecular weight excluding hydrogens is 196 g/mol. The second-order valence-corrected chi connectivity index (χ2v) is 4.83.